The van der Waals surface area contributed by atoms with Gasteiger partial charge in [-0.25, -0.2) is 8.78 Å². The second-order valence-corrected chi connectivity index (χ2v) is 6.14. The molecule has 0 aliphatic carbocycles. The van der Waals surface area contributed by atoms with E-state index in [1.807, 2.05) is 0 Å². The number of halogens is 21. The van der Waals surface area contributed by atoms with E-state index >= 15 is 0 Å². The van der Waals surface area contributed by atoms with Crippen LogP contribution in [0.4, 0.5) is 87.8 Å². The first-order chi connectivity index (χ1) is 13.9. The molecule has 22 heteroatoms. The predicted molar refractivity (Wildman–Crippen MR) is 61.4 cm³/mol. The van der Waals surface area contributed by atoms with Gasteiger partial charge in [-0.3, -0.25) is 4.79 Å². The summed E-state index contributed by atoms with van der Waals surface area (Å²) in [6.45, 7) is 0. The molecular weight excluding hydrogens is 564 g/mol. The second-order valence-electron chi connectivity index (χ2n) is 5.79. The van der Waals surface area contributed by atoms with Gasteiger partial charge in [0.15, 0.2) is 0 Å². The van der Waals surface area contributed by atoms with Crippen LogP contribution in [0.2, 0.25) is 0 Å². The zero-order valence-electron chi connectivity index (χ0n) is 13.9. The van der Waals surface area contributed by atoms with E-state index < -0.39 is 65.0 Å². The Balaban J connectivity index is 7.03. The Hall–Kier alpha value is -1.44. The van der Waals surface area contributed by atoms with Gasteiger partial charge in [-0.05, 0) is 11.6 Å². The van der Waals surface area contributed by atoms with Crippen LogP contribution in [0.15, 0.2) is 0 Å². The molecule has 0 saturated heterocycles. The second kappa shape index (κ2) is 7.79. The molecule has 0 N–H and O–H groups in total. The fourth-order valence-electron chi connectivity index (χ4n) is 1.65. The summed E-state index contributed by atoms with van der Waals surface area (Å²) in [4.78, 5) is 10.0. The van der Waals surface area contributed by atoms with Crippen molar-refractivity contribution in [3.05, 3.63) is 0 Å². The molecular formula is C11HClF20O. The first-order valence-electron chi connectivity index (χ1n) is 6.77. The van der Waals surface area contributed by atoms with Crippen LogP contribution in [0, 0.1) is 0 Å². The summed E-state index contributed by atoms with van der Waals surface area (Å²) in [5.41, 5.74) is 0. The molecule has 198 valence electrons. The van der Waals surface area contributed by atoms with Crippen LogP contribution in [0.1, 0.15) is 0 Å². The number of alkyl halides is 20. The van der Waals surface area contributed by atoms with Crippen molar-refractivity contribution in [1.29, 1.82) is 0 Å². The zero-order valence-corrected chi connectivity index (χ0v) is 14.7. The standard InChI is InChI=1S/C11HClF20O/c12-1(33)3(15,16)5(19,20)7(23,24)9(27,28)11(31,32)10(29,30)8(25,26)6(21,22)4(17,18)2(13)14/h2H. The van der Waals surface area contributed by atoms with E-state index in [1.165, 1.54) is 0 Å². The van der Waals surface area contributed by atoms with E-state index in [9.17, 15) is 92.6 Å². The number of carbonyl (C=O) groups is 1. The van der Waals surface area contributed by atoms with Crippen LogP contribution < -0.4 is 0 Å². The van der Waals surface area contributed by atoms with Gasteiger partial charge < -0.3 is 0 Å². The predicted octanol–water partition coefficient (Wildman–Crippen LogP) is 6.73. The third kappa shape index (κ3) is 3.66. The van der Waals surface area contributed by atoms with Crippen LogP contribution in [-0.4, -0.2) is 65.0 Å². The number of hydrogen-bond acceptors (Lipinski definition) is 1. The van der Waals surface area contributed by atoms with E-state index in [4.69, 9.17) is 0 Å². The highest BCUT2D eigenvalue weighted by molar-refractivity contribution is 6.65. The molecule has 0 atom stereocenters. The van der Waals surface area contributed by atoms with E-state index in [1.54, 1.807) is 0 Å². The third-order valence-corrected chi connectivity index (χ3v) is 3.94. The topological polar surface area (TPSA) is 17.1 Å². The minimum absolute atomic E-state index is 3.67. The summed E-state index contributed by atoms with van der Waals surface area (Å²) in [5, 5.41) is -4.04. The normalized spacial score (nSPS) is 16.4. The first kappa shape index (κ1) is 31.6. The highest BCUT2D eigenvalue weighted by Gasteiger charge is 2.97. The number of hydrogen-bond donors (Lipinski definition) is 0. The van der Waals surface area contributed by atoms with Crippen molar-refractivity contribution < 1.29 is 92.6 Å². The Kier molecular flexibility index (Phi) is 7.45. The van der Waals surface area contributed by atoms with Crippen molar-refractivity contribution in [2.45, 2.75) is 59.7 Å². The van der Waals surface area contributed by atoms with E-state index in [-0.39, 0.29) is 0 Å². The molecule has 0 aromatic rings. The zero-order chi connectivity index (χ0) is 27.7. The van der Waals surface area contributed by atoms with Gasteiger partial charge in [0.2, 0.25) is 0 Å². The van der Waals surface area contributed by atoms with Crippen molar-refractivity contribution in [3.63, 3.8) is 0 Å². The van der Waals surface area contributed by atoms with Crippen molar-refractivity contribution >= 4 is 16.8 Å². The maximum Gasteiger partial charge on any atom is 0.388 e. The SMILES string of the molecule is O=C(Cl)C(F)(F)C(F)(F)C(F)(F)C(F)(F)C(F)(F)C(F)(F)C(F)(F)C(F)(F)C(F)(F)C(F)F. The van der Waals surface area contributed by atoms with Gasteiger partial charge >= 0.3 is 59.7 Å². The molecule has 0 unspecified atom stereocenters. The Morgan fingerprint density at radius 1 is 0.455 bits per heavy atom. The molecule has 0 bridgehead atoms. The van der Waals surface area contributed by atoms with E-state index in [0.29, 0.717) is 0 Å². The van der Waals surface area contributed by atoms with Crippen LogP contribution in [-0.2, 0) is 4.79 Å². The minimum Gasteiger partial charge on any atom is -0.274 e. The van der Waals surface area contributed by atoms with Crippen LogP contribution >= 0.6 is 11.6 Å². The van der Waals surface area contributed by atoms with Crippen molar-refractivity contribution in [2.24, 2.45) is 0 Å². The molecule has 1 nitrogen and oxygen atoms in total. The quantitative estimate of drug-likeness (QED) is 0.212. The molecule has 33 heavy (non-hydrogen) atoms. The maximum absolute atomic E-state index is 13.3. The molecule has 0 radical (unpaired) electrons. The van der Waals surface area contributed by atoms with Crippen LogP contribution in [0.5, 0.6) is 0 Å². The highest BCUT2D eigenvalue weighted by Crippen LogP contribution is 2.65. The maximum atomic E-state index is 13.3. The Morgan fingerprint density at radius 2 is 0.667 bits per heavy atom. The molecule has 0 rings (SSSR count). The molecule has 0 heterocycles. The molecule has 0 spiro atoms. The molecule has 0 fully saturated rings. The number of rotatable bonds is 10. The van der Waals surface area contributed by atoms with Crippen LogP contribution in [0.3, 0.4) is 0 Å². The van der Waals surface area contributed by atoms with Crippen molar-refractivity contribution in [3.8, 4) is 0 Å². The largest absolute Gasteiger partial charge is 0.388 e. The van der Waals surface area contributed by atoms with Gasteiger partial charge in [0.05, 0.1) is 0 Å². The number of carbonyl (C=O) groups excluding carboxylic acids is 1. The lowest BCUT2D eigenvalue weighted by Gasteiger charge is -2.44. The Bertz CT molecular complexity index is 753. The summed E-state index contributed by atoms with van der Waals surface area (Å²) >= 11 is 3.67. The lowest BCUT2D eigenvalue weighted by molar-refractivity contribution is -0.463. The average molecular weight is 565 g/mol. The summed E-state index contributed by atoms with van der Waals surface area (Å²) in [6.07, 6.45) is -6.12. The van der Waals surface area contributed by atoms with Gasteiger partial charge in [0, 0.05) is 0 Å². The summed E-state index contributed by atoms with van der Waals surface area (Å²) in [7, 11) is 0. The fourth-order valence-corrected chi connectivity index (χ4v) is 1.77. The van der Waals surface area contributed by atoms with Gasteiger partial charge in [0.25, 0.3) is 5.24 Å². The van der Waals surface area contributed by atoms with Gasteiger partial charge in [-0.2, -0.15) is 79.0 Å². The summed E-state index contributed by atoms with van der Waals surface area (Å²) in [5.74, 6) is -76.7. The molecule has 0 aromatic heterocycles. The average Bonchev–Trinajstić information content (AvgIpc) is 2.59. The third-order valence-electron chi connectivity index (χ3n) is 3.70. The molecule has 0 aliphatic rings. The van der Waals surface area contributed by atoms with E-state index in [2.05, 4.69) is 11.6 Å². The Labute approximate surface area is 170 Å². The summed E-state index contributed by atoms with van der Waals surface area (Å²) < 4.78 is 258. The molecule has 0 amide bonds. The van der Waals surface area contributed by atoms with Gasteiger partial charge in [-0.1, -0.05) is 0 Å². The van der Waals surface area contributed by atoms with E-state index in [0.717, 1.165) is 0 Å². The minimum atomic E-state index is -9.11. The van der Waals surface area contributed by atoms with Gasteiger partial charge in [0.1, 0.15) is 0 Å². The molecule has 0 aliphatic heterocycles. The summed E-state index contributed by atoms with van der Waals surface area (Å²) in [6, 6.07) is 0. The highest BCUT2D eigenvalue weighted by atomic mass is 35.5. The first-order valence-corrected chi connectivity index (χ1v) is 7.15. The lowest BCUT2D eigenvalue weighted by atomic mass is 9.86. The smallest absolute Gasteiger partial charge is 0.274 e. The van der Waals surface area contributed by atoms with Crippen LogP contribution in [0.25, 0.3) is 0 Å². The molecule has 0 saturated carbocycles. The Morgan fingerprint density at radius 3 is 0.879 bits per heavy atom. The lowest BCUT2D eigenvalue weighted by Crippen LogP contribution is -2.76. The van der Waals surface area contributed by atoms with Crippen molar-refractivity contribution in [1.82, 2.24) is 0 Å². The van der Waals surface area contributed by atoms with Gasteiger partial charge in [-0.15, -0.1) is 0 Å². The van der Waals surface area contributed by atoms with Crippen molar-refractivity contribution in [2.75, 3.05) is 0 Å². The fraction of sp³-hybridized carbons (Fsp3) is 0.909. The monoisotopic (exact) mass is 564 g/mol. The molecule has 0 aromatic carbocycles.